The SMILES string of the molecule is C=C[C@@]1(O)[C@@H](O)CC[C@H]2[C@@H]1CC[C@H]1C(C)(C)CCC[C@]21C. The van der Waals surface area contributed by atoms with Crippen molar-refractivity contribution in [2.45, 2.75) is 77.4 Å². The topological polar surface area (TPSA) is 40.5 Å². The van der Waals surface area contributed by atoms with E-state index in [4.69, 9.17) is 0 Å². The van der Waals surface area contributed by atoms with Gasteiger partial charge < -0.3 is 10.2 Å². The van der Waals surface area contributed by atoms with E-state index < -0.39 is 11.7 Å². The Labute approximate surface area is 129 Å². The first kappa shape index (κ1) is 15.6. The van der Waals surface area contributed by atoms with Crippen LogP contribution >= 0.6 is 0 Å². The molecule has 0 radical (unpaired) electrons. The monoisotopic (exact) mass is 292 g/mol. The molecule has 0 aromatic heterocycles. The van der Waals surface area contributed by atoms with E-state index in [1.54, 1.807) is 6.08 Å². The van der Waals surface area contributed by atoms with Gasteiger partial charge in [0.25, 0.3) is 0 Å². The molecule has 2 heteroatoms. The zero-order valence-electron chi connectivity index (χ0n) is 13.9. The zero-order chi connectivity index (χ0) is 15.5. The van der Waals surface area contributed by atoms with Gasteiger partial charge in [0.15, 0.2) is 0 Å². The third-order valence-electron chi connectivity index (χ3n) is 7.58. The van der Waals surface area contributed by atoms with Gasteiger partial charge in [0.05, 0.1) is 6.10 Å². The Hall–Kier alpha value is -0.340. The maximum Gasteiger partial charge on any atom is 0.111 e. The normalized spacial score (nSPS) is 52.6. The van der Waals surface area contributed by atoms with Crippen LogP contribution in [0.4, 0.5) is 0 Å². The van der Waals surface area contributed by atoms with Crippen LogP contribution in [0.1, 0.15) is 65.7 Å². The van der Waals surface area contributed by atoms with Crippen molar-refractivity contribution < 1.29 is 10.2 Å². The summed E-state index contributed by atoms with van der Waals surface area (Å²) in [5.74, 6) is 1.47. The van der Waals surface area contributed by atoms with Crippen LogP contribution in [0.2, 0.25) is 0 Å². The average Bonchev–Trinajstić information content (AvgIpc) is 2.42. The molecule has 0 amide bonds. The standard InChI is InChI=1S/C19H32O2/c1-5-19(21)14-7-9-15-17(2,3)11-6-12-18(15,4)13(14)8-10-16(19)20/h5,13-16,20-21H,1,6-12H2,2-4H3/t13-,14-,15-,16-,18+,19-/m0/s1. The van der Waals surface area contributed by atoms with Crippen molar-refractivity contribution in [1.82, 2.24) is 0 Å². The summed E-state index contributed by atoms with van der Waals surface area (Å²) in [6, 6.07) is 0. The molecule has 120 valence electrons. The molecule has 0 spiro atoms. The van der Waals surface area contributed by atoms with E-state index >= 15 is 0 Å². The van der Waals surface area contributed by atoms with Gasteiger partial charge in [-0.15, -0.1) is 6.58 Å². The van der Waals surface area contributed by atoms with E-state index in [1.807, 2.05) is 0 Å². The molecular formula is C19H32O2. The molecule has 3 aliphatic rings. The number of rotatable bonds is 1. The van der Waals surface area contributed by atoms with E-state index in [0.29, 0.717) is 23.2 Å². The van der Waals surface area contributed by atoms with E-state index in [0.717, 1.165) is 18.8 Å². The van der Waals surface area contributed by atoms with Gasteiger partial charge in [-0.2, -0.15) is 0 Å². The maximum atomic E-state index is 11.0. The zero-order valence-corrected chi connectivity index (χ0v) is 13.9. The van der Waals surface area contributed by atoms with Crippen LogP contribution in [0.5, 0.6) is 0 Å². The summed E-state index contributed by atoms with van der Waals surface area (Å²) < 4.78 is 0. The van der Waals surface area contributed by atoms with Crippen LogP contribution in [0.15, 0.2) is 12.7 Å². The van der Waals surface area contributed by atoms with E-state index in [1.165, 1.54) is 25.7 Å². The number of aliphatic hydroxyl groups is 2. The Kier molecular flexibility index (Phi) is 3.57. The average molecular weight is 292 g/mol. The van der Waals surface area contributed by atoms with Crippen molar-refractivity contribution in [2.24, 2.45) is 28.6 Å². The Morgan fingerprint density at radius 2 is 1.67 bits per heavy atom. The van der Waals surface area contributed by atoms with E-state index in [2.05, 4.69) is 27.4 Å². The fourth-order valence-corrected chi connectivity index (χ4v) is 6.52. The Morgan fingerprint density at radius 3 is 2.33 bits per heavy atom. The van der Waals surface area contributed by atoms with Crippen LogP contribution in [0.3, 0.4) is 0 Å². The fraction of sp³-hybridized carbons (Fsp3) is 0.895. The van der Waals surface area contributed by atoms with Gasteiger partial charge in [-0.1, -0.05) is 33.3 Å². The van der Waals surface area contributed by atoms with Crippen LogP contribution < -0.4 is 0 Å². The summed E-state index contributed by atoms with van der Waals surface area (Å²) in [5.41, 5.74) is -0.333. The van der Waals surface area contributed by atoms with Crippen LogP contribution in [0.25, 0.3) is 0 Å². The predicted octanol–water partition coefficient (Wildman–Crippen LogP) is 3.92. The molecule has 2 nitrogen and oxygen atoms in total. The molecule has 0 saturated heterocycles. The van der Waals surface area contributed by atoms with Crippen molar-refractivity contribution >= 4 is 0 Å². The lowest BCUT2D eigenvalue weighted by molar-refractivity contribution is -0.193. The molecule has 0 aromatic rings. The summed E-state index contributed by atoms with van der Waals surface area (Å²) in [6.45, 7) is 11.2. The second kappa shape index (κ2) is 4.83. The molecule has 3 fully saturated rings. The van der Waals surface area contributed by atoms with Gasteiger partial charge in [0.1, 0.15) is 5.60 Å². The lowest BCUT2D eigenvalue weighted by Crippen LogP contribution is -2.61. The summed E-state index contributed by atoms with van der Waals surface area (Å²) in [4.78, 5) is 0. The van der Waals surface area contributed by atoms with Crippen LogP contribution in [-0.4, -0.2) is 21.9 Å². The molecule has 0 bridgehead atoms. The summed E-state index contributed by atoms with van der Waals surface area (Å²) >= 11 is 0. The van der Waals surface area contributed by atoms with Gasteiger partial charge in [0.2, 0.25) is 0 Å². The van der Waals surface area contributed by atoms with Crippen LogP contribution in [-0.2, 0) is 0 Å². The van der Waals surface area contributed by atoms with E-state index in [-0.39, 0.29) is 5.92 Å². The fourth-order valence-electron chi connectivity index (χ4n) is 6.52. The molecule has 0 heterocycles. The molecule has 3 aliphatic carbocycles. The van der Waals surface area contributed by atoms with Crippen molar-refractivity contribution in [3.63, 3.8) is 0 Å². The van der Waals surface area contributed by atoms with Crippen molar-refractivity contribution in [3.8, 4) is 0 Å². The predicted molar refractivity (Wildman–Crippen MR) is 85.8 cm³/mol. The van der Waals surface area contributed by atoms with Gasteiger partial charge in [-0.25, -0.2) is 0 Å². The highest BCUT2D eigenvalue weighted by atomic mass is 16.3. The quantitative estimate of drug-likeness (QED) is 0.719. The second-order valence-corrected chi connectivity index (χ2v) is 8.88. The number of hydrogen-bond acceptors (Lipinski definition) is 2. The number of hydrogen-bond donors (Lipinski definition) is 2. The van der Waals surface area contributed by atoms with Crippen molar-refractivity contribution in [3.05, 3.63) is 12.7 Å². The molecule has 6 atom stereocenters. The van der Waals surface area contributed by atoms with Crippen LogP contribution in [0, 0.1) is 28.6 Å². The Balaban J connectivity index is 1.97. The van der Waals surface area contributed by atoms with Crippen molar-refractivity contribution in [2.75, 3.05) is 0 Å². The van der Waals surface area contributed by atoms with Gasteiger partial charge in [0, 0.05) is 0 Å². The summed E-state index contributed by atoms with van der Waals surface area (Å²) in [5, 5.41) is 21.3. The smallest absolute Gasteiger partial charge is 0.111 e. The largest absolute Gasteiger partial charge is 0.390 e. The van der Waals surface area contributed by atoms with Gasteiger partial charge >= 0.3 is 0 Å². The van der Waals surface area contributed by atoms with Gasteiger partial charge in [-0.05, 0) is 67.1 Å². The van der Waals surface area contributed by atoms with E-state index in [9.17, 15) is 10.2 Å². The highest BCUT2D eigenvalue weighted by Crippen LogP contribution is 2.65. The first-order valence-electron chi connectivity index (χ1n) is 8.80. The Bertz CT molecular complexity index is 429. The number of fused-ring (bicyclic) bond motifs is 3. The second-order valence-electron chi connectivity index (χ2n) is 8.88. The lowest BCUT2D eigenvalue weighted by atomic mass is 9.43. The molecule has 0 aromatic carbocycles. The first-order chi connectivity index (χ1) is 9.75. The molecule has 3 saturated carbocycles. The molecule has 0 unspecified atom stereocenters. The lowest BCUT2D eigenvalue weighted by Gasteiger charge is -2.63. The highest BCUT2D eigenvalue weighted by Gasteiger charge is 2.60. The summed E-state index contributed by atoms with van der Waals surface area (Å²) in [6.07, 6.45) is 8.92. The summed E-state index contributed by atoms with van der Waals surface area (Å²) in [7, 11) is 0. The third kappa shape index (κ3) is 2.05. The Morgan fingerprint density at radius 1 is 1.00 bits per heavy atom. The molecular weight excluding hydrogens is 260 g/mol. The van der Waals surface area contributed by atoms with Gasteiger partial charge in [-0.3, -0.25) is 0 Å². The maximum absolute atomic E-state index is 11.0. The minimum atomic E-state index is -1.07. The minimum absolute atomic E-state index is 0.189. The highest BCUT2D eigenvalue weighted by molar-refractivity contribution is 5.15. The number of aliphatic hydroxyl groups excluding tert-OH is 1. The molecule has 21 heavy (non-hydrogen) atoms. The molecule has 2 N–H and O–H groups in total. The third-order valence-corrected chi connectivity index (χ3v) is 7.58. The first-order valence-corrected chi connectivity index (χ1v) is 8.80. The molecule has 3 rings (SSSR count). The molecule has 0 aliphatic heterocycles. The minimum Gasteiger partial charge on any atom is -0.390 e. The van der Waals surface area contributed by atoms with Crippen molar-refractivity contribution in [1.29, 1.82) is 0 Å².